The van der Waals surface area contributed by atoms with Gasteiger partial charge in [0.2, 0.25) is 0 Å². The van der Waals surface area contributed by atoms with Crippen molar-refractivity contribution >= 4 is 0 Å². The molecule has 0 atom stereocenters. The van der Waals surface area contributed by atoms with Crippen LogP contribution in [0.25, 0.3) is 0 Å². The Morgan fingerprint density at radius 2 is 1.67 bits per heavy atom. The summed E-state index contributed by atoms with van der Waals surface area (Å²) in [5, 5.41) is 10.4. The Balaban J connectivity index is 2.48. The first-order chi connectivity index (χ1) is 6.73. The topological polar surface area (TPSA) is 20.2 Å². The van der Waals surface area contributed by atoms with Gasteiger partial charge in [-0.3, -0.25) is 0 Å². The van der Waals surface area contributed by atoms with Crippen molar-refractivity contribution in [1.82, 2.24) is 0 Å². The van der Waals surface area contributed by atoms with Crippen molar-refractivity contribution in [2.45, 2.75) is 72.3 Å². The average Bonchev–Trinajstić information content (AvgIpc) is 2.00. The van der Waals surface area contributed by atoms with E-state index in [-0.39, 0.29) is 5.60 Å². The van der Waals surface area contributed by atoms with Crippen LogP contribution in [-0.4, -0.2) is 10.7 Å². The SMILES string of the molecule is CC(C)CC1(O)CCC(C(C)(C)C)CC1. The van der Waals surface area contributed by atoms with Crippen LogP contribution in [-0.2, 0) is 0 Å². The summed E-state index contributed by atoms with van der Waals surface area (Å²) in [5.74, 6) is 1.41. The van der Waals surface area contributed by atoms with Crippen molar-refractivity contribution < 1.29 is 5.11 Å². The summed E-state index contributed by atoms with van der Waals surface area (Å²) in [5.41, 5.74) is 0.0646. The van der Waals surface area contributed by atoms with E-state index in [1.165, 1.54) is 12.8 Å². The van der Waals surface area contributed by atoms with E-state index in [0.717, 1.165) is 25.2 Å². The molecule has 0 spiro atoms. The van der Waals surface area contributed by atoms with Gasteiger partial charge in [-0.2, -0.15) is 0 Å². The Morgan fingerprint density at radius 3 is 2.00 bits per heavy atom. The minimum Gasteiger partial charge on any atom is -0.390 e. The highest BCUT2D eigenvalue weighted by Gasteiger charge is 2.37. The molecule has 1 nitrogen and oxygen atoms in total. The highest BCUT2D eigenvalue weighted by atomic mass is 16.3. The molecule has 0 bridgehead atoms. The maximum absolute atomic E-state index is 10.4. The molecule has 90 valence electrons. The Bertz CT molecular complexity index is 192. The van der Waals surface area contributed by atoms with Gasteiger partial charge < -0.3 is 5.11 Å². The second-order valence-electron chi connectivity index (χ2n) is 6.96. The lowest BCUT2D eigenvalue weighted by Crippen LogP contribution is -2.38. The first-order valence-electron chi connectivity index (χ1n) is 6.45. The minimum atomic E-state index is -0.351. The second-order valence-corrected chi connectivity index (χ2v) is 6.96. The molecule has 0 aromatic heterocycles. The number of aliphatic hydroxyl groups is 1. The fraction of sp³-hybridized carbons (Fsp3) is 1.00. The normalized spacial score (nSPS) is 33.4. The van der Waals surface area contributed by atoms with E-state index >= 15 is 0 Å². The standard InChI is InChI=1S/C14H28O/c1-11(2)10-14(15)8-6-12(7-9-14)13(3,4)5/h11-12,15H,6-10H2,1-5H3. The van der Waals surface area contributed by atoms with Crippen molar-refractivity contribution in [2.75, 3.05) is 0 Å². The molecular formula is C14H28O. The second kappa shape index (κ2) is 4.45. The quantitative estimate of drug-likeness (QED) is 0.733. The Morgan fingerprint density at radius 1 is 1.20 bits per heavy atom. The van der Waals surface area contributed by atoms with E-state index in [4.69, 9.17) is 0 Å². The van der Waals surface area contributed by atoms with Gasteiger partial charge in [-0.05, 0) is 49.4 Å². The zero-order valence-corrected chi connectivity index (χ0v) is 11.1. The van der Waals surface area contributed by atoms with Gasteiger partial charge in [0.25, 0.3) is 0 Å². The van der Waals surface area contributed by atoms with Crippen molar-refractivity contribution in [3.05, 3.63) is 0 Å². The number of hydrogen-bond acceptors (Lipinski definition) is 1. The molecule has 0 heterocycles. The molecule has 1 rings (SSSR count). The van der Waals surface area contributed by atoms with E-state index in [2.05, 4.69) is 34.6 Å². The predicted molar refractivity (Wildman–Crippen MR) is 65.8 cm³/mol. The summed E-state index contributed by atoms with van der Waals surface area (Å²) in [6.45, 7) is 11.4. The molecule has 1 fully saturated rings. The maximum atomic E-state index is 10.4. The van der Waals surface area contributed by atoms with Crippen LogP contribution in [0, 0.1) is 17.3 Å². The lowest BCUT2D eigenvalue weighted by molar-refractivity contribution is -0.0394. The molecule has 0 amide bonds. The van der Waals surface area contributed by atoms with Crippen LogP contribution in [0.1, 0.15) is 66.7 Å². The fourth-order valence-corrected chi connectivity index (χ4v) is 2.99. The number of rotatable bonds is 2. The van der Waals surface area contributed by atoms with Crippen LogP contribution < -0.4 is 0 Å². The molecule has 1 N–H and O–H groups in total. The molecular weight excluding hydrogens is 184 g/mol. The summed E-state index contributed by atoms with van der Waals surface area (Å²) in [4.78, 5) is 0. The molecule has 1 aliphatic rings. The van der Waals surface area contributed by atoms with Gasteiger partial charge in [0.15, 0.2) is 0 Å². The van der Waals surface area contributed by atoms with Crippen molar-refractivity contribution in [3.8, 4) is 0 Å². The lowest BCUT2D eigenvalue weighted by atomic mass is 9.67. The summed E-state index contributed by atoms with van der Waals surface area (Å²) in [6, 6.07) is 0. The van der Waals surface area contributed by atoms with Crippen LogP contribution in [0.5, 0.6) is 0 Å². The van der Waals surface area contributed by atoms with Gasteiger partial charge in [0, 0.05) is 0 Å². The van der Waals surface area contributed by atoms with Crippen LogP contribution >= 0.6 is 0 Å². The zero-order valence-electron chi connectivity index (χ0n) is 11.1. The highest BCUT2D eigenvalue weighted by molar-refractivity contribution is 4.89. The van der Waals surface area contributed by atoms with Crippen LogP contribution in [0.4, 0.5) is 0 Å². The predicted octanol–water partition coefficient (Wildman–Crippen LogP) is 4.00. The van der Waals surface area contributed by atoms with Gasteiger partial charge in [0.1, 0.15) is 0 Å². The molecule has 15 heavy (non-hydrogen) atoms. The van der Waals surface area contributed by atoms with Gasteiger partial charge in [0.05, 0.1) is 5.60 Å². The molecule has 0 unspecified atom stereocenters. The fourth-order valence-electron chi connectivity index (χ4n) is 2.99. The molecule has 0 aromatic rings. The third-order valence-electron chi connectivity index (χ3n) is 3.93. The van der Waals surface area contributed by atoms with E-state index < -0.39 is 0 Å². The van der Waals surface area contributed by atoms with E-state index in [9.17, 15) is 5.11 Å². The van der Waals surface area contributed by atoms with E-state index in [1.54, 1.807) is 0 Å². The van der Waals surface area contributed by atoms with Gasteiger partial charge in [-0.25, -0.2) is 0 Å². The van der Waals surface area contributed by atoms with Gasteiger partial charge >= 0.3 is 0 Å². The third kappa shape index (κ3) is 3.79. The highest BCUT2D eigenvalue weighted by Crippen LogP contribution is 2.43. The first-order valence-corrected chi connectivity index (χ1v) is 6.45. The maximum Gasteiger partial charge on any atom is 0.0650 e. The lowest BCUT2D eigenvalue weighted by Gasteiger charge is -2.42. The Labute approximate surface area is 95.3 Å². The van der Waals surface area contributed by atoms with Crippen LogP contribution in [0.15, 0.2) is 0 Å². The first kappa shape index (κ1) is 13.0. The molecule has 0 aromatic carbocycles. The average molecular weight is 212 g/mol. The van der Waals surface area contributed by atoms with Gasteiger partial charge in [-0.1, -0.05) is 34.6 Å². The Kier molecular flexibility index (Phi) is 3.86. The molecule has 1 heteroatoms. The number of hydrogen-bond donors (Lipinski definition) is 1. The summed E-state index contributed by atoms with van der Waals surface area (Å²) >= 11 is 0. The molecule has 1 aliphatic carbocycles. The summed E-state index contributed by atoms with van der Waals surface area (Å²) < 4.78 is 0. The van der Waals surface area contributed by atoms with E-state index in [0.29, 0.717) is 11.3 Å². The molecule has 0 radical (unpaired) electrons. The molecule has 0 aliphatic heterocycles. The van der Waals surface area contributed by atoms with Crippen molar-refractivity contribution in [2.24, 2.45) is 17.3 Å². The van der Waals surface area contributed by atoms with Gasteiger partial charge in [-0.15, -0.1) is 0 Å². The van der Waals surface area contributed by atoms with Crippen molar-refractivity contribution in [3.63, 3.8) is 0 Å². The molecule has 0 saturated heterocycles. The van der Waals surface area contributed by atoms with Crippen molar-refractivity contribution in [1.29, 1.82) is 0 Å². The largest absolute Gasteiger partial charge is 0.390 e. The minimum absolute atomic E-state index is 0.351. The van der Waals surface area contributed by atoms with E-state index in [1.807, 2.05) is 0 Å². The smallest absolute Gasteiger partial charge is 0.0650 e. The third-order valence-corrected chi connectivity index (χ3v) is 3.93. The summed E-state index contributed by atoms with van der Waals surface area (Å²) in [7, 11) is 0. The monoisotopic (exact) mass is 212 g/mol. The zero-order chi connectivity index (χ0) is 11.7. The summed E-state index contributed by atoms with van der Waals surface area (Å²) in [6.07, 6.45) is 5.39. The molecule has 1 saturated carbocycles. The van der Waals surface area contributed by atoms with Crippen LogP contribution in [0.2, 0.25) is 0 Å². The Hall–Kier alpha value is -0.0400. The van der Waals surface area contributed by atoms with Crippen LogP contribution in [0.3, 0.4) is 0 Å².